The summed E-state index contributed by atoms with van der Waals surface area (Å²) < 4.78 is 7.01. The summed E-state index contributed by atoms with van der Waals surface area (Å²) in [4.78, 5) is 4.19. The first-order valence-electron chi connectivity index (χ1n) is 5.68. The van der Waals surface area contributed by atoms with E-state index in [0.29, 0.717) is 17.3 Å². The van der Waals surface area contributed by atoms with Gasteiger partial charge in [0.25, 0.3) is 0 Å². The molecule has 0 atom stereocenters. The summed E-state index contributed by atoms with van der Waals surface area (Å²) in [6.45, 7) is 3.45. The zero-order chi connectivity index (χ0) is 13.0. The number of hydrogen-bond acceptors (Lipinski definition) is 4. The molecule has 0 saturated carbocycles. The fourth-order valence-corrected chi connectivity index (χ4v) is 1.83. The monoisotopic (exact) mass is 266 g/mol. The third kappa shape index (κ3) is 2.73. The number of aromatic nitrogens is 3. The van der Waals surface area contributed by atoms with E-state index in [2.05, 4.69) is 15.4 Å². The van der Waals surface area contributed by atoms with Crippen LogP contribution in [0.1, 0.15) is 12.7 Å². The highest BCUT2D eigenvalue weighted by Gasteiger charge is 2.04. The van der Waals surface area contributed by atoms with Gasteiger partial charge in [-0.1, -0.05) is 11.6 Å². The van der Waals surface area contributed by atoms with E-state index < -0.39 is 0 Å². The lowest BCUT2D eigenvalue weighted by Crippen LogP contribution is -2.09. The molecule has 1 aromatic carbocycles. The van der Waals surface area contributed by atoms with Crippen LogP contribution in [0.2, 0.25) is 5.02 Å². The van der Waals surface area contributed by atoms with Gasteiger partial charge in [0.1, 0.15) is 17.9 Å². The largest absolute Gasteiger partial charge is 0.495 e. The summed E-state index contributed by atoms with van der Waals surface area (Å²) >= 11 is 5.96. The average Bonchev–Trinajstić information content (AvgIpc) is 2.85. The Balaban J connectivity index is 2.06. The van der Waals surface area contributed by atoms with Gasteiger partial charge in [-0.15, -0.1) is 0 Å². The number of ether oxygens (including phenoxy) is 1. The highest BCUT2D eigenvalue weighted by Crippen LogP contribution is 2.27. The van der Waals surface area contributed by atoms with Crippen LogP contribution >= 0.6 is 11.6 Å². The Morgan fingerprint density at radius 3 is 3.00 bits per heavy atom. The molecule has 0 aliphatic rings. The van der Waals surface area contributed by atoms with Gasteiger partial charge >= 0.3 is 0 Å². The number of aryl methyl sites for hydroxylation is 1. The van der Waals surface area contributed by atoms with Crippen molar-refractivity contribution in [1.29, 1.82) is 0 Å². The maximum Gasteiger partial charge on any atom is 0.146 e. The van der Waals surface area contributed by atoms with Crippen LogP contribution in [0, 0.1) is 0 Å². The van der Waals surface area contributed by atoms with E-state index >= 15 is 0 Å². The second-order valence-corrected chi connectivity index (χ2v) is 4.10. The van der Waals surface area contributed by atoms with Crippen molar-refractivity contribution in [2.24, 2.45) is 0 Å². The first-order valence-corrected chi connectivity index (χ1v) is 6.06. The minimum absolute atomic E-state index is 0.597. The van der Waals surface area contributed by atoms with Crippen LogP contribution in [0.4, 0.5) is 5.69 Å². The van der Waals surface area contributed by atoms with Crippen molar-refractivity contribution >= 4 is 17.3 Å². The van der Waals surface area contributed by atoms with Crippen LogP contribution in [-0.2, 0) is 13.1 Å². The molecule has 0 spiro atoms. The van der Waals surface area contributed by atoms with Crippen molar-refractivity contribution in [2.75, 3.05) is 12.4 Å². The van der Waals surface area contributed by atoms with E-state index in [9.17, 15) is 0 Å². The Morgan fingerprint density at radius 1 is 1.44 bits per heavy atom. The van der Waals surface area contributed by atoms with E-state index in [1.807, 2.05) is 23.7 Å². The van der Waals surface area contributed by atoms with E-state index in [-0.39, 0.29) is 0 Å². The molecule has 1 N–H and O–H groups in total. The van der Waals surface area contributed by atoms with E-state index in [1.54, 1.807) is 19.5 Å². The summed E-state index contributed by atoms with van der Waals surface area (Å²) in [5.41, 5.74) is 0.932. The molecule has 2 rings (SSSR count). The number of nitrogens with one attached hydrogen (secondary N) is 1. The Kier molecular flexibility index (Phi) is 4.04. The number of halogens is 1. The maximum absolute atomic E-state index is 5.96. The predicted octanol–water partition coefficient (Wildman–Crippen LogP) is 2.57. The number of anilines is 1. The summed E-state index contributed by atoms with van der Waals surface area (Å²) in [5.74, 6) is 1.55. The van der Waals surface area contributed by atoms with E-state index in [0.717, 1.165) is 18.1 Å². The standard InChI is InChI=1S/C12H15ClN4O/c1-3-17-12(15-8-16-17)7-14-9-4-5-10(13)11(6-9)18-2/h4-6,8,14H,3,7H2,1-2H3. The van der Waals surface area contributed by atoms with Crippen molar-refractivity contribution in [3.63, 3.8) is 0 Å². The Labute approximate surface area is 111 Å². The molecule has 0 saturated heterocycles. The number of methoxy groups -OCH3 is 1. The van der Waals surface area contributed by atoms with Gasteiger partial charge in [0.15, 0.2) is 0 Å². The first-order chi connectivity index (χ1) is 8.74. The minimum atomic E-state index is 0.597. The highest BCUT2D eigenvalue weighted by atomic mass is 35.5. The Morgan fingerprint density at radius 2 is 2.28 bits per heavy atom. The quantitative estimate of drug-likeness (QED) is 0.904. The van der Waals surface area contributed by atoms with Gasteiger partial charge in [0, 0.05) is 18.3 Å². The minimum Gasteiger partial charge on any atom is -0.495 e. The highest BCUT2D eigenvalue weighted by molar-refractivity contribution is 6.32. The fourth-order valence-electron chi connectivity index (χ4n) is 1.64. The Bertz CT molecular complexity index is 527. The molecule has 0 radical (unpaired) electrons. The number of hydrogen-bond donors (Lipinski definition) is 1. The van der Waals surface area contributed by atoms with Crippen LogP contribution in [0.25, 0.3) is 0 Å². The van der Waals surface area contributed by atoms with Gasteiger partial charge in [-0.25, -0.2) is 9.67 Å². The molecule has 0 bridgehead atoms. The lowest BCUT2D eigenvalue weighted by Gasteiger charge is -2.09. The zero-order valence-corrected chi connectivity index (χ0v) is 11.1. The number of nitrogens with zero attached hydrogens (tertiary/aromatic N) is 3. The molecule has 0 aliphatic carbocycles. The van der Waals surface area contributed by atoms with Gasteiger partial charge in [0.2, 0.25) is 0 Å². The molecule has 0 aliphatic heterocycles. The van der Waals surface area contributed by atoms with Gasteiger partial charge in [0.05, 0.1) is 18.7 Å². The average molecular weight is 267 g/mol. The van der Waals surface area contributed by atoms with Crippen LogP contribution in [0.15, 0.2) is 24.5 Å². The van der Waals surface area contributed by atoms with Gasteiger partial charge < -0.3 is 10.1 Å². The van der Waals surface area contributed by atoms with E-state index in [1.165, 1.54) is 0 Å². The third-order valence-corrected chi connectivity index (χ3v) is 2.91. The van der Waals surface area contributed by atoms with Crippen molar-refractivity contribution in [2.45, 2.75) is 20.0 Å². The molecule has 18 heavy (non-hydrogen) atoms. The van der Waals surface area contributed by atoms with Crippen molar-refractivity contribution < 1.29 is 4.74 Å². The molecular weight excluding hydrogens is 252 g/mol. The van der Waals surface area contributed by atoms with Crippen LogP contribution < -0.4 is 10.1 Å². The lowest BCUT2D eigenvalue weighted by atomic mass is 10.3. The fraction of sp³-hybridized carbons (Fsp3) is 0.333. The summed E-state index contributed by atoms with van der Waals surface area (Å²) in [7, 11) is 1.60. The van der Waals surface area contributed by atoms with Gasteiger partial charge in [-0.2, -0.15) is 5.10 Å². The summed E-state index contributed by atoms with van der Waals surface area (Å²) in [5, 5.41) is 7.97. The van der Waals surface area contributed by atoms with Crippen molar-refractivity contribution in [3.05, 3.63) is 35.4 Å². The van der Waals surface area contributed by atoms with Crippen molar-refractivity contribution in [1.82, 2.24) is 14.8 Å². The Hall–Kier alpha value is -1.75. The summed E-state index contributed by atoms with van der Waals surface area (Å²) in [6.07, 6.45) is 1.56. The molecule has 96 valence electrons. The van der Waals surface area contributed by atoms with E-state index in [4.69, 9.17) is 16.3 Å². The summed E-state index contributed by atoms with van der Waals surface area (Å²) in [6, 6.07) is 5.56. The molecule has 1 heterocycles. The molecule has 0 amide bonds. The number of rotatable bonds is 5. The molecule has 1 aromatic heterocycles. The molecular formula is C12H15ClN4O. The third-order valence-electron chi connectivity index (χ3n) is 2.60. The maximum atomic E-state index is 5.96. The smallest absolute Gasteiger partial charge is 0.146 e. The van der Waals surface area contributed by atoms with Crippen LogP contribution in [-0.4, -0.2) is 21.9 Å². The SMILES string of the molecule is CCn1ncnc1CNc1ccc(Cl)c(OC)c1. The molecule has 0 fully saturated rings. The molecule has 2 aromatic rings. The second-order valence-electron chi connectivity index (χ2n) is 3.69. The zero-order valence-electron chi connectivity index (χ0n) is 10.4. The normalized spacial score (nSPS) is 10.4. The predicted molar refractivity (Wildman–Crippen MR) is 71.0 cm³/mol. The van der Waals surface area contributed by atoms with Gasteiger partial charge in [-0.3, -0.25) is 0 Å². The number of benzene rings is 1. The van der Waals surface area contributed by atoms with Crippen molar-refractivity contribution in [3.8, 4) is 5.75 Å². The molecule has 6 heteroatoms. The lowest BCUT2D eigenvalue weighted by molar-refractivity contribution is 0.415. The van der Waals surface area contributed by atoms with Crippen LogP contribution in [0.5, 0.6) is 5.75 Å². The van der Waals surface area contributed by atoms with Gasteiger partial charge in [-0.05, 0) is 19.1 Å². The molecule has 5 nitrogen and oxygen atoms in total. The second kappa shape index (κ2) is 5.73. The first kappa shape index (κ1) is 12.7. The van der Waals surface area contributed by atoms with Crippen LogP contribution in [0.3, 0.4) is 0 Å². The molecule has 0 unspecified atom stereocenters. The topological polar surface area (TPSA) is 52.0 Å².